The van der Waals surface area contributed by atoms with Crippen LogP contribution < -0.4 is 14.2 Å². The Balaban J connectivity index is 0.00000361. The van der Waals surface area contributed by atoms with Crippen molar-refractivity contribution < 1.29 is 24.8 Å². The zero-order chi connectivity index (χ0) is 26.1. The molecule has 0 aliphatic carbocycles. The van der Waals surface area contributed by atoms with Crippen molar-refractivity contribution in [1.82, 2.24) is 4.90 Å². The van der Waals surface area contributed by atoms with Crippen LogP contribution in [-0.4, -0.2) is 62.6 Å². The highest BCUT2D eigenvalue weighted by atomic mass is 35.5. The van der Waals surface area contributed by atoms with Crippen molar-refractivity contribution in [3.8, 4) is 23.3 Å². The van der Waals surface area contributed by atoms with E-state index in [1.807, 2.05) is 67.7 Å². The van der Waals surface area contributed by atoms with Crippen LogP contribution in [0, 0.1) is 17.2 Å². The molecule has 0 saturated carbocycles. The largest absolute Gasteiger partial charge is 0.493 e. The third-order valence-corrected chi connectivity index (χ3v) is 6.90. The van der Waals surface area contributed by atoms with E-state index >= 15 is 0 Å². The van der Waals surface area contributed by atoms with Crippen LogP contribution in [0.5, 0.6) is 17.2 Å². The number of rotatable bonds is 13. The number of benzene rings is 3. The van der Waals surface area contributed by atoms with Crippen molar-refractivity contribution in [2.24, 2.45) is 5.92 Å². The third-order valence-electron chi connectivity index (χ3n) is 6.90. The van der Waals surface area contributed by atoms with Gasteiger partial charge in [0.2, 0.25) is 0 Å². The Morgan fingerprint density at radius 1 is 0.974 bits per heavy atom. The average Bonchev–Trinajstić information content (AvgIpc) is 2.89. The summed E-state index contributed by atoms with van der Waals surface area (Å²) < 4.78 is 16.8. The van der Waals surface area contributed by atoms with E-state index in [1.54, 1.807) is 14.2 Å². The summed E-state index contributed by atoms with van der Waals surface area (Å²) in [6, 6.07) is 22.3. The number of aliphatic hydroxyl groups is 1. The number of nitrogens with zero attached hydrogens (tertiary/aromatic N) is 2. The third kappa shape index (κ3) is 7.75. The van der Waals surface area contributed by atoms with Crippen molar-refractivity contribution in [3.63, 3.8) is 0 Å². The summed E-state index contributed by atoms with van der Waals surface area (Å²) in [5.41, 5.74) is 0.292. The summed E-state index contributed by atoms with van der Waals surface area (Å²) in [7, 11) is 5.20. The fourth-order valence-electron chi connectivity index (χ4n) is 4.77. The number of likely N-dealkylation sites (N-methyl/N-ethyl adjacent to an activating group) is 1. The van der Waals surface area contributed by atoms with Gasteiger partial charge in [-0.1, -0.05) is 56.3 Å². The van der Waals surface area contributed by atoms with Crippen molar-refractivity contribution >= 4 is 23.2 Å². The molecular weight excluding hydrogens is 504 g/mol. The quantitative estimate of drug-likeness (QED) is 0.324. The lowest BCUT2D eigenvalue weighted by molar-refractivity contribution is 0.0759. The van der Waals surface area contributed by atoms with E-state index in [1.165, 1.54) is 0 Å². The SMILES string of the molecule is COc1ccc(C(C#N)(CCCN(C)CC(O)COc2cccc3ccccc23)C(C)C)cc1OC.Cl.O. The zero-order valence-corrected chi connectivity index (χ0v) is 23.8. The molecule has 0 bridgehead atoms. The normalized spacial score (nSPS) is 13.1. The van der Waals surface area contributed by atoms with Gasteiger partial charge in [-0.15, -0.1) is 12.4 Å². The van der Waals surface area contributed by atoms with Gasteiger partial charge in [-0.05, 0) is 61.5 Å². The Bertz CT molecular complexity index is 1180. The summed E-state index contributed by atoms with van der Waals surface area (Å²) >= 11 is 0. The van der Waals surface area contributed by atoms with Crippen LogP contribution in [0.1, 0.15) is 32.3 Å². The standard InChI is InChI=1S/C30H38N2O4.ClH.H2O/c1-22(2)30(21-31,24-14-15-28(34-4)29(18-24)35-5)16-9-17-32(3)19-25(33)20-36-27-13-8-11-23-10-6-7-12-26(23)27;;/h6-8,10-15,18,22,25,33H,9,16-17,19-20H2,1-5H3;1H;1H2. The molecule has 0 saturated heterocycles. The second-order valence-electron chi connectivity index (χ2n) is 9.62. The molecule has 38 heavy (non-hydrogen) atoms. The van der Waals surface area contributed by atoms with E-state index in [0.29, 0.717) is 24.5 Å². The van der Waals surface area contributed by atoms with Crippen molar-refractivity contribution in [2.45, 2.75) is 38.2 Å². The lowest BCUT2D eigenvalue weighted by Gasteiger charge is -2.32. The number of ether oxygens (including phenoxy) is 3. The van der Waals surface area contributed by atoms with Crippen LogP contribution in [0.15, 0.2) is 60.7 Å². The van der Waals surface area contributed by atoms with Crippen LogP contribution in [-0.2, 0) is 5.41 Å². The molecule has 3 aromatic carbocycles. The van der Waals surface area contributed by atoms with Crippen molar-refractivity contribution in [2.75, 3.05) is 41.0 Å². The number of halogens is 1. The van der Waals surface area contributed by atoms with Crippen molar-refractivity contribution in [3.05, 3.63) is 66.2 Å². The molecule has 8 heteroatoms. The maximum atomic E-state index is 10.6. The molecule has 0 heterocycles. The minimum absolute atomic E-state index is 0. The molecule has 3 rings (SSSR count). The van der Waals surface area contributed by atoms with Gasteiger partial charge < -0.3 is 29.7 Å². The summed E-state index contributed by atoms with van der Waals surface area (Å²) in [6.45, 7) is 5.63. The Hall–Kier alpha value is -3.02. The summed E-state index contributed by atoms with van der Waals surface area (Å²) in [4.78, 5) is 2.09. The molecule has 208 valence electrons. The van der Waals surface area contributed by atoms with E-state index in [2.05, 4.69) is 24.8 Å². The first-order chi connectivity index (χ1) is 17.3. The molecule has 0 aromatic heterocycles. The van der Waals surface area contributed by atoms with Crippen LogP contribution in [0.3, 0.4) is 0 Å². The number of hydrogen-bond acceptors (Lipinski definition) is 6. The topological polar surface area (TPSA) is 106 Å². The van der Waals surface area contributed by atoms with Gasteiger partial charge in [-0.3, -0.25) is 0 Å². The van der Waals surface area contributed by atoms with E-state index in [4.69, 9.17) is 14.2 Å². The smallest absolute Gasteiger partial charge is 0.161 e. The highest BCUT2D eigenvalue weighted by molar-refractivity contribution is 5.88. The number of fused-ring (bicyclic) bond motifs is 1. The van der Waals surface area contributed by atoms with Gasteiger partial charge in [-0.2, -0.15) is 5.26 Å². The first-order valence-corrected chi connectivity index (χ1v) is 12.5. The predicted molar refractivity (Wildman–Crippen MR) is 155 cm³/mol. The van der Waals surface area contributed by atoms with E-state index in [9.17, 15) is 10.4 Å². The second kappa shape index (κ2) is 15.4. The summed E-state index contributed by atoms with van der Waals surface area (Å²) in [5, 5.41) is 23.0. The lowest BCUT2D eigenvalue weighted by atomic mass is 9.69. The van der Waals surface area contributed by atoms with Crippen molar-refractivity contribution in [1.29, 1.82) is 5.26 Å². The summed E-state index contributed by atoms with van der Waals surface area (Å²) in [6.07, 6.45) is 0.891. The maximum Gasteiger partial charge on any atom is 0.161 e. The minimum atomic E-state index is -0.642. The molecule has 3 N–H and O–H groups in total. The molecule has 0 radical (unpaired) electrons. The van der Waals surface area contributed by atoms with Gasteiger partial charge in [0.25, 0.3) is 0 Å². The van der Waals surface area contributed by atoms with Crippen LogP contribution in [0.2, 0.25) is 0 Å². The fraction of sp³-hybridized carbons (Fsp3) is 0.433. The zero-order valence-electron chi connectivity index (χ0n) is 22.9. The molecule has 0 aliphatic rings. The van der Waals surface area contributed by atoms with Gasteiger partial charge in [-0.25, -0.2) is 0 Å². The van der Waals surface area contributed by atoms with Crippen LogP contribution >= 0.6 is 12.4 Å². The number of methoxy groups -OCH3 is 2. The molecule has 7 nitrogen and oxygen atoms in total. The number of nitriles is 1. The minimum Gasteiger partial charge on any atom is -0.493 e. The fourth-order valence-corrected chi connectivity index (χ4v) is 4.77. The highest BCUT2D eigenvalue weighted by Crippen LogP contribution is 2.40. The Morgan fingerprint density at radius 3 is 2.32 bits per heavy atom. The lowest BCUT2D eigenvalue weighted by Crippen LogP contribution is -2.35. The van der Waals surface area contributed by atoms with Gasteiger partial charge >= 0.3 is 0 Å². The molecule has 0 amide bonds. The first-order valence-electron chi connectivity index (χ1n) is 12.5. The van der Waals surface area contributed by atoms with Crippen LogP contribution in [0.4, 0.5) is 0 Å². The first kappa shape index (κ1) is 33.0. The van der Waals surface area contributed by atoms with E-state index < -0.39 is 11.5 Å². The molecule has 2 unspecified atom stereocenters. The van der Waals surface area contributed by atoms with Gasteiger partial charge in [0, 0.05) is 11.9 Å². The second-order valence-corrected chi connectivity index (χ2v) is 9.62. The molecular formula is C30H41ClN2O5. The molecule has 0 fully saturated rings. The Kier molecular flexibility index (Phi) is 13.4. The van der Waals surface area contributed by atoms with Gasteiger partial charge in [0.05, 0.1) is 25.7 Å². The molecule has 0 aliphatic heterocycles. The van der Waals surface area contributed by atoms with E-state index in [-0.39, 0.29) is 30.4 Å². The van der Waals surface area contributed by atoms with E-state index in [0.717, 1.165) is 35.1 Å². The summed E-state index contributed by atoms with van der Waals surface area (Å²) in [5.74, 6) is 2.17. The van der Waals surface area contributed by atoms with Gasteiger partial charge in [0.15, 0.2) is 11.5 Å². The molecule has 2 atom stereocenters. The van der Waals surface area contributed by atoms with Gasteiger partial charge in [0.1, 0.15) is 18.5 Å². The Morgan fingerprint density at radius 2 is 1.66 bits per heavy atom. The monoisotopic (exact) mass is 544 g/mol. The Labute approximate surface area is 232 Å². The number of aliphatic hydroxyl groups excluding tert-OH is 1. The van der Waals surface area contributed by atoms with Crippen LogP contribution in [0.25, 0.3) is 10.8 Å². The predicted octanol–water partition coefficient (Wildman–Crippen LogP) is 5.02. The number of hydrogen-bond donors (Lipinski definition) is 1. The average molecular weight is 545 g/mol. The maximum absolute atomic E-state index is 10.6. The molecule has 0 spiro atoms. The highest BCUT2D eigenvalue weighted by Gasteiger charge is 2.36. The molecule has 3 aromatic rings.